The monoisotopic (exact) mass is 340 g/mol. The Morgan fingerprint density at radius 1 is 1.27 bits per heavy atom. The van der Waals surface area contributed by atoms with Crippen molar-refractivity contribution in [2.75, 3.05) is 0 Å². The molecular formula is C13H9ClN2O5S. The van der Waals surface area contributed by atoms with Gasteiger partial charge in [-0.15, -0.1) is 0 Å². The molecule has 0 aliphatic rings. The van der Waals surface area contributed by atoms with Crippen LogP contribution in [0.3, 0.4) is 0 Å². The summed E-state index contributed by atoms with van der Waals surface area (Å²) < 4.78 is 0. The largest absolute Gasteiger partial charge is 0.479 e. The molecule has 7 nitrogen and oxygen atoms in total. The van der Waals surface area contributed by atoms with Gasteiger partial charge in [-0.2, -0.15) is 0 Å². The zero-order valence-electron chi connectivity index (χ0n) is 10.9. The normalized spacial score (nSPS) is 11.7. The first-order chi connectivity index (χ1) is 10.4. The van der Waals surface area contributed by atoms with Crippen molar-refractivity contribution in [1.82, 2.24) is 5.32 Å². The van der Waals surface area contributed by atoms with Gasteiger partial charge in [-0.3, -0.25) is 14.9 Å². The van der Waals surface area contributed by atoms with Crippen molar-refractivity contribution in [2.45, 2.75) is 6.04 Å². The lowest BCUT2D eigenvalue weighted by Gasteiger charge is -2.15. The van der Waals surface area contributed by atoms with E-state index in [2.05, 4.69) is 5.32 Å². The number of carbonyl (C=O) groups excluding carboxylic acids is 1. The maximum atomic E-state index is 12.1. The molecule has 22 heavy (non-hydrogen) atoms. The Hall–Kier alpha value is -2.45. The molecule has 114 valence electrons. The van der Waals surface area contributed by atoms with E-state index < -0.39 is 22.8 Å². The van der Waals surface area contributed by atoms with Crippen LogP contribution in [0.5, 0.6) is 0 Å². The van der Waals surface area contributed by atoms with Gasteiger partial charge in [-0.1, -0.05) is 41.1 Å². The molecule has 1 aromatic heterocycles. The SMILES string of the molecule is O=C(N[C@@H](C(=O)O)c1ccccc1Cl)c1ccc([N+](=O)[O-])s1. The van der Waals surface area contributed by atoms with Crippen molar-refractivity contribution in [3.8, 4) is 0 Å². The molecule has 1 heterocycles. The van der Waals surface area contributed by atoms with Crippen LogP contribution in [0.15, 0.2) is 36.4 Å². The first-order valence-corrected chi connectivity index (χ1v) is 7.12. The summed E-state index contributed by atoms with van der Waals surface area (Å²) in [5.74, 6) is -2.00. The number of thiophene rings is 1. The van der Waals surface area contributed by atoms with Crippen LogP contribution in [0.1, 0.15) is 21.3 Å². The van der Waals surface area contributed by atoms with Gasteiger partial charge in [0.2, 0.25) is 0 Å². The molecule has 0 saturated heterocycles. The van der Waals surface area contributed by atoms with Gasteiger partial charge in [0.1, 0.15) is 0 Å². The van der Waals surface area contributed by atoms with Crippen LogP contribution in [0.25, 0.3) is 0 Å². The Labute approximate surface area is 133 Å². The van der Waals surface area contributed by atoms with Crippen LogP contribution in [0.2, 0.25) is 5.02 Å². The van der Waals surface area contributed by atoms with Gasteiger partial charge in [0, 0.05) is 16.7 Å². The van der Waals surface area contributed by atoms with E-state index in [1.165, 1.54) is 24.3 Å². The second-order valence-electron chi connectivity index (χ2n) is 4.16. The summed E-state index contributed by atoms with van der Waals surface area (Å²) in [6, 6.07) is 7.33. The number of carbonyl (C=O) groups is 2. The van der Waals surface area contributed by atoms with E-state index >= 15 is 0 Å². The van der Waals surface area contributed by atoms with Gasteiger partial charge in [-0.25, -0.2) is 4.79 Å². The number of rotatable bonds is 5. The number of nitrogens with one attached hydrogen (secondary N) is 1. The Bertz CT molecular complexity index is 746. The van der Waals surface area contributed by atoms with Crippen molar-refractivity contribution in [1.29, 1.82) is 0 Å². The van der Waals surface area contributed by atoms with E-state index in [4.69, 9.17) is 11.6 Å². The van der Waals surface area contributed by atoms with E-state index in [-0.39, 0.29) is 20.5 Å². The minimum absolute atomic E-state index is 0.0463. The van der Waals surface area contributed by atoms with Crippen molar-refractivity contribution in [3.63, 3.8) is 0 Å². The maximum Gasteiger partial charge on any atom is 0.330 e. The lowest BCUT2D eigenvalue weighted by Crippen LogP contribution is -2.33. The number of nitro groups is 1. The number of hydrogen-bond donors (Lipinski definition) is 2. The van der Waals surface area contributed by atoms with E-state index in [0.717, 1.165) is 0 Å². The fourth-order valence-electron chi connectivity index (χ4n) is 1.73. The number of aliphatic carboxylic acids is 1. The highest BCUT2D eigenvalue weighted by molar-refractivity contribution is 7.17. The lowest BCUT2D eigenvalue weighted by atomic mass is 10.1. The zero-order chi connectivity index (χ0) is 16.3. The third-order valence-corrected chi connectivity index (χ3v) is 4.11. The number of benzene rings is 1. The fraction of sp³-hybridized carbons (Fsp3) is 0.0769. The number of carboxylic acid groups (broad SMARTS) is 1. The van der Waals surface area contributed by atoms with Crippen LogP contribution < -0.4 is 5.32 Å². The molecule has 1 aromatic carbocycles. The smallest absolute Gasteiger partial charge is 0.330 e. The van der Waals surface area contributed by atoms with Crippen molar-refractivity contribution in [3.05, 3.63) is 62.0 Å². The Balaban J connectivity index is 2.24. The average Bonchev–Trinajstić information content (AvgIpc) is 2.95. The number of halogens is 1. The lowest BCUT2D eigenvalue weighted by molar-refractivity contribution is -0.380. The molecule has 2 aromatic rings. The van der Waals surface area contributed by atoms with Crippen LogP contribution in [0.4, 0.5) is 5.00 Å². The molecule has 0 aliphatic heterocycles. The first kappa shape index (κ1) is 15.9. The number of hydrogen-bond acceptors (Lipinski definition) is 5. The molecule has 1 atom stereocenters. The van der Waals surface area contributed by atoms with Crippen LogP contribution in [0, 0.1) is 10.1 Å². The third-order valence-electron chi connectivity index (χ3n) is 2.73. The van der Waals surface area contributed by atoms with Gasteiger partial charge in [0.15, 0.2) is 6.04 Å². The Morgan fingerprint density at radius 3 is 2.50 bits per heavy atom. The molecule has 1 amide bonds. The van der Waals surface area contributed by atoms with E-state index in [9.17, 15) is 24.8 Å². The summed E-state index contributed by atoms with van der Waals surface area (Å²) in [5, 5.41) is 22.2. The molecule has 0 aliphatic carbocycles. The minimum atomic E-state index is -1.35. The third kappa shape index (κ3) is 3.41. The summed E-state index contributed by atoms with van der Waals surface area (Å²) in [6.45, 7) is 0. The zero-order valence-corrected chi connectivity index (χ0v) is 12.4. The molecule has 2 rings (SSSR count). The minimum Gasteiger partial charge on any atom is -0.479 e. The van der Waals surface area contributed by atoms with Crippen LogP contribution in [-0.4, -0.2) is 21.9 Å². The number of amides is 1. The molecule has 2 N–H and O–H groups in total. The summed E-state index contributed by atoms with van der Waals surface area (Å²) in [4.78, 5) is 33.4. The predicted octanol–water partition coefficient (Wildman–Crippen LogP) is 2.87. The molecular weight excluding hydrogens is 332 g/mol. The first-order valence-electron chi connectivity index (χ1n) is 5.92. The number of carboxylic acids is 1. The Morgan fingerprint density at radius 2 is 1.95 bits per heavy atom. The fourth-order valence-corrected chi connectivity index (χ4v) is 2.70. The van der Waals surface area contributed by atoms with Crippen molar-refractivity contribution < 1.29 is 19.6 Å². The second-order valence-corrected chi connectivity index (χ2v) is 5.63. The average molecular weight is 341 g/mol. The van der Waals surface area contributed by atoms with Crippen LogP contribution >= 0.6 is 22.9 Å². The van der Waals surface area contributed by atoms with Crippen molar-refractivity contribution >= 4 is 39.8 Å². The van der Waals surface area contributed by atoms with E-state index in [1.54, 1.807) is 12.1 Å². The van der Waals surface area contributed by atoms with Crippen LogP contribution in [-0.2, 0) is 4.79 Å². The molecule has 0 unspecified atom stereocenters. The van der Waals surface area contributed by atoms with Gasteiger partial charge >= 0.3 is 11.0 Å². The topological polar surface area (TPSA) is 110 Å². The number of nitrogens with zero attached hydrogens (tertiary/aromatic N) is 1. The van der Waals surface area contributed by atoms with E-state index in [0.29, 0.717) is 11.3 Å². The molecule has 9 heteroatoms. The molecule has 0 spiro atoms. The highest BCUT2D eigenvalue weighted by Gasteiger charge is 2.26. The second kappa shape index (κ2) is 6.54. The van der Waals surface area contributed by atoms with Gasteiger partial charge in [0.25, 0.3) is 5.91 Å². The highest BCUT2D eigenvalue weighted by Crippen LogP contribution is 2.26. The summed E-state index contributed by atoms with van der Waals surface area (Å²) in [6.07, 6.45) is 0. The van der Waals surface area contributed by atoms with Gasteiger partial charge in [0.05, 0.1) is 9.80 Å². The summed E-state index contributed by atoms with van der Waals surface area (Å²) in [5.41, 5.74) is 0.232. The summed E-state index contributed by atoms with van der Waals surface area (Å²) in [7, 11) is 0. The molecule has 0 bridgehead atoms. The van der Waals surface area contributed by atoms with Gasteiger partial charge in [-0.05, 0) is 12.1 Å². The molecule has 0 fully saturated rings. The van der Waals surface area contributed by atoms with Crippen molar-refractivity contribution in [2.24, 2.45) is 0 Å². The standard InChI is InChI=1S/C13H9ClN2O5S/c14-8-4-2-1-3-7(8)11(13(18)19)15-12(17)9-5-6-10(22-9)16(20)21/h1-6,11H,(H,15,17)(H,18,19)/t11-/m1/s1. The highest BCUT2D eigenvalue weighted by atomic mass is 35.5. The summed E-state index contributed by atoms with van der Waals surface area (Å²) >= 11 is 6.60. The maximum absolute atomic E-state index is 12.1. The quantitative estimate of drug-likeness (QED) is 0.642. The van der Waals surface area contributed by atoms with Gasteiger partial charge < -0.3 is 10.4 Å². The Kier molecular flexibility index (Phi) is 4.74. The molecule has 0 radical (unpaired) electrons. The van der Waals surface area contributed by atoms with E-state index in [1.807, 2.05) is 0 Å². The predicted molar refractivity (Wildman–Crippen MR) is 80.3 cm³/mol. The molecule has 0 saturated carbocycles.